The molecule has 0 atom stereocenters. The van der Waals surface area contributed by atoms with E-state index in [1.54, 1.807) is 18.3 Å². The van der Waals surface area contributed by atoms with Crippen molar-refractivity contribution < 1.29 is 9.13 Å². The van der Waals surface area contributed by atoms with Crippen LogP contribution in [-0.2, 0) is 0 Å². The van der Waals surface area contributed by atoms with Crippen molar-refractivity contribution in [3.63, 3.8) is 0 Å². The first-order valence-corrected chi connectivity index (χ1v) is 7.41. The van der Waals surface area contributed by atoms with Crippen LogP contribution >= 0.6 is 0 Å². The molecule has 1 heterocycles. The van der Waals surface area contributed by atoms with Crippen LogP contribution in [0.4, 0.5) is 10.1 Å². The van der Waals surface area contributed by atoms with Gasteiger partial charge in [0.05, 0.1) is 22.9 Å². The van der Waals surface area contributed by atoms with E-state index < -0.39 is 6.67 Å². The van der Waals surface area contributed by atoms with Gasteiger partial charge in [0.1, 0.15) is 19.0 Å². The maximum absolute atomic E-state index is 12.2. The number of halogens is 1. The minimum absolute atomic E-state index is 0.0463. The van der Waals surface area contributed by atoms with Crippen LogP contribution in [0.15, 0.2) is 48.7 Å². The largest absolute Gasteiger partial charge is 0.491 e. The van der Waals surface area contributed by atoms with E-state index in [0.29, 0.717) is 5.75 Å². The summed E-state index contributed by atoms with van der Waals surface area (Å²) in [6.45, 7) is -0.466. The molecule has 0 fully saturated rings. The normalized spacial score (nSPS) is 10.7. The molecular weight excluding hydrogens is 292 g/mol. The zero-order valence-electron chi connectivity index (χ0n) is 13.2. The average molecular weight is 310 g/mol. The summed E-state index contributed by atoms with van der Waals surface area (Å²) in [5.41, 5.74) is 4.44. The van der Waals surface area contributed by atoms with Gasteiger partial charge in [-0.15, -0.1) is 0 Å². The van der Waals surface area contributed by atoms with Gasteiger partial charge in [-0.2, -0.15) is 0 Å². The van der Waals surface area contributed by atoms with Crippen molar-refractivity contribution in [3.05, 3.63) is 48.7 Å². The number of aromatic nitrogens is 2. The van der Waals surface area contributed by atoms with Crippen molar-refractivity contribution in [2.24, 2.45) is 0 Å². The Morgan fingerprint density at radius 3 is 2.52 bits per heavy atom. The molecule has 0 saturated heterocycles. The fourth-order valence-corrected chi connectivity index (χ4v) is 2.31. The molecule has 5 heteroatoms. The Morgan fingerprint density at radius 2 is 1.83 bits per heavy atom. The summed E-state index contributed by atoms with van der Waals surface area (Å²) < 4.78 is 17.5. The zero-order valence-corrected chi connectivity index (χ0v) is 13.2. The molecule has 3 aromatic rings. The van der Waals surface area contributed by atoms with Crippen molar-refractivity contribution >= 4 is 16.7 Å². The first kappa shape index (κ1) is 15.2. The van der Waals surface area contributed by atoms with E-state index in [0.717, 1.165) is 28.0 Å². The second-order valence-corrected chi connectivity index (χ2v) is 5.38. The molecule has 3 rings (SSSR count). The van der Waals surface area contributed by atoms with E-state index in [1.807, 2.05) is 49.3 Å². The number of nitrogens with zero attached hydrogens (tertiary/aromatic N) is 3. The zero-order chi connectivity index (χ0) is 16.2. The number of anilines is 1. The second kappa shape index (κ2) is 6.60. The number of alkyl halides is 1. The van der Waals surface area contributed by atoms with Gasteiger partial charge in [-0.05, 0) is 24.3 Å². The van der Waals surface area contributed by atoms with E-state index in [-0.39, 0.29) is 6.61 Å². The number of hydrogen-bond acceptors (Lipinski definition) is 4. The fraction of sp³-hybridized carbons (Fsp3) is 0.222. The fourth-order valence-electron chi connectivity index (χ4n) is 2.31. The molecule has 0 bridgehead atoms. The highest BCUT2D eigenvalue weighted by Crippen LogP contribution is 2.24. The molecule has 118 valence electrons. The molecule has 2 aromatic carbocycles. The molecule has 0 aliphatic rings. The van der Waals surface area contributed by atoms with Gasteiger partial charge in [-0.1, -0.05) is 12.1 Å². The van der Waals surface area contributed by atoms with Crippen LogP contribution < -0.4 is 9.64 Å². The SMILES string of the molecule is CN(C)c1ccc(-c2cnc3ccc(OCC[18F])cc3n2)cc1. The molecule has 4 nitrogen and oxygen atoms in total. The Morgan fingerprint density at radius 1 is 1.04 bits per heavy atom. The van der Waals surface area contributed by atoms with Crippen LogP contribution in [-0.4, -0.2) is 37.3 Å². The van der Waals surface area contributed by atoms with Gasteiger partial charge in [0, 0.05) is 31.4 Å². The molecule has 0 radical (unpaired) electrons. The summed E-state index contributed by atoms with van der Waals surface area (Å²) in [6, 6.07) is 13.5. The number of fused-ring (bicyclic) bond motifs is 1. The molecule has 0 aliphatic heterocycles. The molecule has 0 aliphatic carbocycles. The summed E-state index contributed by atoms with van der Waals surface area (Å²) >= 11 is 0. The summed E-state index contributed by atoms with van der Waals surface area (Å²) in [4.78, 5) is 11.1. The van der Waals surface area contributed by atoms with Crippen LogP contribution in [0.3, 0.4) is 0 Å². The number of hydrogen-bond donors (Lipinski definition) is 0. The van der Waals surface area contributed by atoms with Crippen LogP contribution in [0, 0.1) is 0 Å². The number of benzene rings is 2. The Bertz CT molecular complexity index is 803. The second-order valence-electron chi connectivity index (χ2n) is 5.38. The number of ether oxygens (including phenoxy) is 1. The lowest BCUT2D eigenvalue weighted by Gasteiger charge is -2.12. The third kappa shape index (κ3) is 3.39. The molecule has 0 spiro atoms. The van der Waals surface area contributed by atoms with E-state index >= 15 is 0 Å². The Balaban J connectivity index is 1.94. The Labute approximate surface area is 134 Å². The van der Waals surface area contributed by atoms with Gasteiger partial charge in [0.15, 0.2) is 0 Å². The molecule has 1 aromatic heterocycles. The maximum atomic E-state index is 12.2. The molecule has 0 N–H and O–H groups in total. The summed E-state index contributed by atoms with van der Waals surface area (Å²) in [5.74, 6) is 0.601. The first-order chi connectivity index (χ1) is 11.2. The van der Waals surface area contributed by atoms with E-state index in [4.69, 9.17) is 4.74 Å². The maximum Gasteiger partial charge on any atom is 0.123 e. The summed E-state index contributed by atoms with van der Waals surface area (Å²) in [7, 11) is 4.01. The van der Waals surface area contributed by atoms with Crippen molar-refractivity contribution in [2.75, 3.05) is 32.3 Å². The molecule has 0 amide bonds. The predicted molar refractivity (Wildman–Crippen MR) is 90.8 cm³/mol. The molecule has 0 saturated carbocycles. The van der Waals surface area contributed by atoms with Crippen molar-refractivity contribution in [1.29, 1.82) is 0 Å². The van der Waals surface area contributed by atoms with Crippen molar-refractivity contribution in [3.8, 4) is 17.0 Å². The third-order valence-electron chi connectivity index (χ3n) is 3.54. The van der Waals surface area contributed by atoms with E-state index in [2.05, 4.69) is 9.97 Å². The third-order valence-corrected chi connectivity index (χ3v) is 3.54. The topological polar surface area (TPSA) is 38.2 Å². The van der Waals surface area contributed by atoms with Crippen LogP contribution in [0.25, 0.3) is 22.3 Å². The number of rotatable bonds is 5. The lowest BCUT2D eigenvalue weighted by atomic mass is 10.1. The average Bonchev–Trinajstić information content (AvgIpc) is 2.59. The quantitative estimate of drug-likeness (QED) is 0.720. The molecule has 23 heavy (non-hydrogen) atoms. The highest BCUT2D eigenvalue weighted by atomic mass is 18.2. The van der Waals surface area contributed by atoms with Crippen LogP contribution in [0.2, 0.25) is 0 Å². The lowest BCUT2D eigenvalue weighted by molar-refractivity contribution is 0.273. The predicted octanol–water partition coefficient (Wildman–Crippen LogP) is 3.71. The monoisotopic (exact) mass is 310 g/mol. The van der Waals surface area contributed by atoms with E-state index in [1.165, 1.54) is 0 Å². The van der Waals surface area contributed by atoms with E-state index in [9.17, 15) is 4.39 Å². The lowest BCUT2D eigenvalue weighted by Crippen LogP contribution is -2.07. The highest BCUT2D eigenvalue weighted by molar-refractivity contribution is 5.78. The van der Waals surface area contributed by atoms with Crippen molar-refractivity contribution in [2.45, 2.75) is 0 Å². The van der Waals surface area contributed by atoms with Gasteiger partial charge in [-0.25, -0.2) is 9.37 Å². The minimum atomic E-state index is -0.512. The Kier molecular flexibility index (Phi) is 4.37. The van der Waals surface area contributed by atoms with Gasteiger partial charge in [0.2, 0.25) is 0 Å². The minimum Gasteiger partial charge on any atom is -0.491 e. The van der Waals surface area contributed by atoms with Gasteiger partial charge in [0.25, 0.3) is 0 Å². The van der Waals surface area contributed by atoms with Gasteiger partial charge in [-0.3, -0.25) is 4.98 Å². The first-order valence-electron chi connectivity index (χ1n) is 7.41. The summed E-state index contributed by atoms with van der Waals surface area (Å²) in [5, 5.41) is 0. The standard InChI is InChI=1S/C18H18FN3O/c1-22(2)14-5-3-13(4-6-14)18-12-20-16-8-7-15(23-10-9-19)11-17(16)21-18/h3-8,11-12H,9-10H2,1-2H3/i19-1. The smallest absolute Gasteiger partial charge is 0.123 e. The van der Waals surface area contributed by atoms with Crippen LogP contribution in [0.1, 0.15) is 0 Å². The van der Waals surface area contributed by atoms with Crippen LogP contribution in [0.5, 0.6) is 5.75 Å². The molecular formula is C18H18FN3O. The molecule has 0 unspecified atom stereocenters. The highest BCUT2D eigenvalue weighted by Gasteiger charge is 2.05. The Hall–Kier alpha value is -2.69. The summed E-state index contributed by atoms with van der Waals surface area (Å²) in [6.07, 6.45) is 1.76. The van der Waals surface area contributed by atoms with Crippen molar-refractivity contribution in [1.82, 2.24) is 9.97 Å². The van der Waals surface area contributed by atoms with Gasteiger partial charge >= 0.3 is 0 Å². The van der Waals surface area contributed by atoms with Gasteiger partial charge < -0.3 is 9.64 Å².